The molecule has 2 amide bonds. The number of carbonyl (C=O) groups is 2. The number of pyridine rings is 1. The molecule has 1 atom stereocenters. The second kappa shape index (κ2) is 10.5. The Bertz CT molecular complexity index is 1140. The van der Waals surface area contributed by atoms with E-state index in [-0.39, 0.29) is 17.7 Å². The lowest BCUT2D eigenvalue weighted by atomic mass is 10.00. The Morgan fingerprint density at radius 1 is 1.23 bits per heavy atom. The van der Waals surface area contributed by atoms with Crippen LogP contribution < -0.4 is 10.1 Å². The van der Waals surface area contributed by atoms with E-state index in [1.54, 1.807) is 0 Å². The number of nitriles is 1. The molecule has 35 heavy (non-hydrogen) atoms. The van der Waals surface area contributed by atoms with Crippen molar-refractivity contribution in [3.63, 3.8) is 0 Å². The normalized spacial score (nSPS) is 17.6. The van der Waals surface area contributed by atoms with Gasteiger partial charge in [-0.25, -0.2) is 8.78 Å². The van der Waals surface area contributed by atoms with Gasteiger partial charge in [-0.15, -0.1) is 13.2 Å². The minimum Gasteiger partial charge on any atom is -0.406 e. The number of likely N-dealkylation sites (tertiary alicyclic amines) is 1. The molecular formula is C23H19F5N4O3. The molecule has 12 heteroatoms. The van der Waals surface area contributed by atoms with E-state index in [0.717, 1.165) is 17.0 Å². The van der Waals surface area contributed by atoms with Crippen molar-refractivity contribution in [1.82, 2.24) is 15.2 Å². The minimum absolute atomic E-state index is 0.127. The molecule has 1 N–H and O–H groups in total. The van der Waals surface area contributed by atoms with Gasteiger partial charge in [-0.3, -0.25) is 14.6 Å². The van der Waals surface area contributed by atoms with E-state index in [0.29, 0.717) is 11.1 Å². The molecule has 0 saturated carbocycles. The molecule has 0 unspecified atom stereocenters. The van der Waals surface area contributed by atoms with Gasteiger partial charge in [0.05, 0.1) is 19.2 Å². The van der Waals surface area contributed by atoms with Crippen molar-refractivity contribution in [2.45, 2.75) is 31.2 Å². The van der Waals surface area contributed by atoms with Gasteiger partial charge in [0.15, 0.2) is 0 Å². The summed E-state index contributed by atoms with van der Waals surface area (Å²) in [7, 11) is 0. The molecule has 0 spiro atoms. The van der Waals surface area contributed by atoms with E-state index < -0.39 is 49.7 Å². The number of piperidine rings is 1. The summed E-state index contributed by atoms with van der Waals surface area (Å²) in [6.07, 6.45) is 0.280. The lowest BCUT2D eigenvalue weighted by molar-refractivity contribution is -0.274. The maximum Gasteiger partial charge on any atom is 0.573 e. The Balaban J connectivity index is 1.66. The monoisotopic (exact) mass is 494 g/mol. The lowest BCUT2D eigenvalue weighted by Gasteiger charge is -2.36. The summed E-state index contributed by atoms with van der Waals surface area (Å²) in [6.45, 7) is -1.48. The fourth-order valence-corrected chi connectivity index (χ4v) is 3.40. The molecule has 2 heterocycles. The molecule has 184 valence electrons. The van der Waals surface area contributed by atoms with E-state index in [1.165, 1.54) is 42.7 Å². The Morgan fingerprint density at radius 2 is 1.94 bits per heavy atom. The second-order valence-electron chi connectivity index (χ2n) is 7.66. The number of halogens is 5. The van der Waals surface area contributed by atoms with Gasteiger partial charge in [0.25, 0.3) is 11.8 Å². The Labute approximate surface area is 196 Å². The highest BCUT2D eigenvalue weighted by atomic mass is 19.4. The molecule has 1 aliphatic heterocycles. The Morgan fingerprint density at radius 3 is 2.60 bits per heavy atom. The molecule has 7 nitrogen and oxygen atoms in total. The number of nitrogens with one attached hydrogen (secondary N) is 1. The number of ether oxygens (including phenoxy) is 1. The third kappa shape index (κ3) is 7.23. The fraction of sp³-hybridized carbons (Fsp3) is 0.304. The molecule has 2 aromatic rings. The first-order valence-corrected chi connectivity index (χ1v) is 10.3. The van der Waals surface area contributed by atoms with Crippen molar-refractivity contribution < 1.29 is 36.3 Å². The molecule has 1 aromatic heterocycles. The molecule has 3 rings (SSSR count). The summed E-state index contributed by atoms with van der Waals surface area (Å²) in [6, 6.07) is 7.24. The van der Waals surface area contributed by atoms with Crippen LogP contribution in [0.2, 0.25) is 0 Å². The number of rotatable bonds is 6. The van der Waals surface area contributed by atoms with Crippen LogP contribution in [-0.2, 0) is 4.79 Å². The Kier molecular flexibility index (Phi) is 7.68. The quantitative estimate of drug-likeness (QED) is 0.612. The highest BCUT2D eigenvalue weighted by Crippen LogP contribution is 2.30. The van der Waals surface area contributed by atoms with Gasteiger partial charge in [0, 0.05) is 29.9 Å². The fourth-order valence-electron chi connectivity index (χ4n) is 3.40. The van der Waals surface area contributed by atoms with E-state index in [1.807, 2.05) is 6.07 Å². The van der Waals surface area contributed by atoms with Crippen LogP contribution in [0.3, 0.4) is 0 Å². The summed E-state index contributed by atoms with van der Waals surface area (Å²) < 4.78 is 68.0. The number of aromatic nitrogens is 1. The number of amides is 2. The van der Waals surface area contributed by atoms with Crippen LogP contribution in [0, 0.1) is 11.3 Å². The van der Waals surface area contributed by atoms with Crippen molar-refractivity contribution in [2.75, 3.05) is 13.1 Å². The zero-order valence-electron chi connectivity index (χ0n) is 18.1. The lowest BCUT2D eigenvalue weighted by Crippen LogP contribution is -2.53. The van der Waals surface area contributed by atoms with Crippen LogP contribution in [0.25, 0.3) is 12.2 Å². The van der Waals surface area contributed by atoms with Gasteiger partial charge in [-0.1, -0.05) is 24.3 Å². The highest BCUT2D eigenvalue weighted by molar-refractivity contribution is 6.00. The smallest absolute Gasteiger partial charge is 0.406 e. The third-order valence-electron chi connectivity index (χ3n) is 5.10. The summed E-state index contributed by atoms with van der Waals surface area (Å²) in [4.78, 5) is 29.8. The molecule has 1 aromatic carbocycles. The van der Waals surface area contributed by atoms with Gasteiger partial charge in [-0.2, -0.15) is 5.26 Å². The van der Waals surface area contributed by atoms with Gasteiger partial charge in [0.2, 0.25) is 5.91 Å². The van der Waals surface area contributed by atoms with Crippen LogP contribution in [0.15, 0.2) is 42.7 Å². The topological polar surface area (TPSA) is 95.3 Å². The molecular weight excluding hydrogens is 475 g/mol. The average Bonchev–Trinajstić information content (AvgIpc) is 2.80. The minimum atomic E-state index is -4.80. The SMILES string of the molecule is N#C[C@@H]1CCC(F)(F)CN1C(=O)CNC(=O)c1ccncc1/C=C/c1ccc(OC(F)(F)F)cc1. The number of hydrogen-bond donors (Lipinski definition) is 1. The van der Waals surface area contributed by atoms with Gasteiger partial charge >= 0.3 is 6.36 Å². The van der Waals surface area contributed by atoms with Crippen molar-refractivity contribution in [2.24, 2.45) is 0 Å². The zero-order valence-corrected chi connectivity index (χ0v) is 18.1. The van der Waals surface area contributed by atoms with Crippen LogP contribution in [0.4, 0.5) is 22.0 Å². The molecule has 0 radical (unpaired) electrons. The van der Waals surface area contributed by atoms with Crippen LogP contribution in [-0.4, -0.2) is 53.1 Å². The first-order chi connectivity index (χ1) is 16.5. The summed E-state index contributed by atoms with van der Waals surface area (Å²) >= 11 is 0. The first kappa shape index (κ1) is 25.6. The third-order valence-corrected chi connectivity index (χ3v) is 5.10. The van der Waals surface area contributed by atoms with Gasteiger partial charge in [-0.05, 0) is 30.2 Å². The number of carbonyl (C=O) groups excluding carboxylic acids is 2. The van der Waals surface area contributed by atoms with Crippen molar-refractivity contribution in [1.29, 1.82) is 5.26 Å². The Hall–Kier alpha value is -4.01. The van der Waals surface area contributed by atoms with Crippen LogP contribution in [0.5, 0.6) is 5.75 Å². The standard InChI is InChI=1S/C23H19F5N4O3/c24-22(25)9-7-17(11-29)32(14-22)20(33)13-31-21(34)19-8-10-30-12-16(19)4-1-15-2-5-18(6-3-15)35-23(26,27)28/h1-6,8,10,12,17H,7,9,13-14H2,(H,31,34)/b4-1+/t17-/m0/s1. The molecule has 1 aliphatic rings. The van der Waals surface area contributed by atoms with Crippen LogP contribution in [0.1, 0.15) is 34.3 Å². The summed E-state index contributed by atoms with van der Waals surface area (Å²) in [5.41, 5.74) is 0.979. The highest BCUT2D eigenvalue weighted by Gasteiger charge is 2.42. The van der Waals surface area contributed by atoms with Crippen LogP contribution >= 0.6 is 0 Å². The zero-order chi connectivity index (χ0) is 25.6. The van der Waals surface area contributed by atoms with E-state index in [2.05, 4.69) is 15.0 Å². The van der Waals surface area contributed by atoms with Crippen molar-refractivity contribution >= 4 is 24.0 Å². The maximum absolute atomic E-state index is 13.7. The predicted molar refractivity (Wildman–Crippen MR) is 114 cm³/mol. The van der Waals surface area contributed by atoms with E-state index in [4.69, 9.17) is 5.26 Å². The van der Waals surface area contributed by atoms with E-state index >= 15 is 0 Å². The predicted octanol–water partition coefficient (Wildman–Crippen LogP) is 4.03. The van der Waals surface area contributed by atoms with Gasteiger partial charge in [0.1, 0.15) is 11.8 Å². The molecule has 0 aliphatic carbocycles. The van der Waals surface area contributed by atoms with Crippen molar-refractivity contribution in [3.05, 3.63) is 59.4 Å². The largest absolute Gasteiger partial charge is 0.573 e. The number of hydrogen-bond acceptors (Lipinski definition) is 5. The number of alkyl halides is 5. The summed E-state index contributed by atoms with van der Waals surface area (Å²) in [5.74, 6) is -4.97. The van der Waals surface area contributed by atoms with Gasteiger partial charge < -0.3 is 15.0 Å². The maximum atomic E-state index is 13.7. The summed E-state index contributed by atoms with van der Waals surface area (Å²) in [5, 5.41) is 11.5. The molecule has 1 fully saturated rings. The molecule has 0 bridgehead atoms. The second-order valence-corrected chi connectivity index (χ2v) is 7.66. The van der Waals surface area contributed by atoms with Crippen molar-refractivity contribution in [3.8, 4) is 11.8 Å². The number of nitrogens with zero attached hydrogens (tertiary/aromatic N) is 3. The average molecular weight is 494 g/mol. The van der Waals surface area contributed by atoms with E-state index in [9.17, 15) is 31.5 Å². The molecule has 1 saturated heterocycles. The number of benzene rings is 1. The first-order valence-electron chi connectivity index (χ1n) is 10.3.